The number of hydrogen-bond acceptors (Lipinski definition) is 0. The second-order valence-electron chi connectivity index (χ2n) is 7.69. The first-order valence-corrected chi connectivity index (χ1v) is 9.73. The maximum Gasteiger partial charge on any atom is -0.00262 e. The van der Waals surface area contributed by atoms with Crippen LogP contribution in [-0.4, -0.2) is 0 Å². The highest BCUT2D eigenvalue weighted by Crippen LogP contribution is 2.42. The van der Waals surface area contributed by atoms with Crippen LogP contribution in [0.5, 0.6) is 0 Å². The monoisotopic (exact) mass is 358 g/mol. The van der Waals surface area contributed by atoms with Crippen molar-refractivity contribution in [1.29, 1.82) is 0 Å². The van der Waals surface area contributed by atoms with Gasteiger partial charge < -0.3 is 0 Å². The summed E-state index contributed by atoms with van der Waals surface area (Å²) in [6, 6.07) is 30.9. The second kappa shape index (κ2) is 6.35. The molecule has 0 atom stereocenters. The van der Waals surface area contributed by atoms with Crippen molar-refractivity contribution < 1.29 is 0 Å². The van der Waals surface area contributed by atoms with Crippen molar-refractivity contribution >= 4 is 37.9 Å². The Bertz CT molecular complexity index is 1390. The molecular weight excluding hydrogens is 336 g/mol. The van der Waals surface area contributed by atoms with Crippen molar-refractivity contribution in [3.05, 3.63) is 103 Å². The van der Waals surface area contributed by atoms with Crippen LogP contribution >= 0.6 is 0 Å². The molecular formula is C28H22. The average Bonchev–Trinajstić information content (AvgIpc) is 2.71. The van der Waals surface area contributed by atoms with E-state index < -0.39 is 0 Å². The molecule has 28 heavy (non-hydrogen) atoms. The van der Waals surface area contributed by atoms with E-state index in [1.54, 1.807) is 0 Å². The standard InChI is InChI=1S/C28H22/c1-18(2)27-23-10-6-7-11-24(23)28(25-15-12-19(3)16-26(25)27)22-14-13-20-8-4-5-9-21(20)17-22/h4-17H,1H2,2-3H3. The van der Waals surface area contributed by atoms with Gasteiger partial charge in [-0.25, -0.2) is 0 Å². The van der Waals surface area contributed by atoms with E-state index in [0.717, 1.165) is 5.57 Å². The summed E-state index contributed by atoms with van der Waals surface area (Å²) in [6.45, 7) is 8.57. The number of rotatable bonds is 2. The highest BCUT2D eigenvalue weighted by Gasteiger charge is 2.16. The SMILES string of the molecule is C=C(C)c1c2ccccc2c(-c2ccc3ccccc3c2)c2ccc(C)cc12. The highest BCUT2D eigenvalue weighted by atomic mass is 14.2. The van der Waals surface area contributed by atoms with Crippen LogP contribution in [0.2, 0.25) is 0 Å². The van der Waals surface area contributed by atoms with Gasteiger partial charge in [-0.1, -0.05) is 91.0 Å². The van der Waals surface area contributed by atoms with E-state index in [2.05, 4.69) is 105 Å². The van der Waals surface area contributed by atoms with Gasteiger partial charge in [0, 0.05) is 0 Å². The first kappa shape index (κ1) is 16.8. The Kier molecular flexibility index (Phi) is 3.80. The van der Waals surface area contributed by atoms with E-state index in [0.29, 0.717) is 0 Å². The van der Waals surface area contributed by atoms with E-state index in [9.17, 15) is 0 Å². The molecule has 0 aliphatic rings. The third kappa shape index (κ3) is 2.53. The molecule has 0 saturated carbocycles. The molecule has 5 aromatic carbocycles. The molecule has 0 N–H and O–H groups in total. The van der Waals surface area contributed by atoms with Gasteiger partial charge in [0.1, 0.15) is 0 Å². The minimum absolute atomic E-state index is 1.11. The summed E-state index contributed by atoms with van der Waals surface area (Å²) in [5.74, 6) is 0. The number of benzene rings is 5. The molecule has 0 bridgehead atoms. The smallest absolute Gasteiger partial charge is 0.00262 e. The Morgan fingerprint density at radius 2 is 1.32 bits per heavy atom. The summed E-state index contributed by atoms with van der Waals surface area (Å²) >= 11 is 0. The first-order valence-electron chi connectivity index (χ1n) is 9.73. The third-order valence-electron chi connectivity index (χ3n) is 5.64. The maximum absolute atomic E-state index is 4.30. The summed E-state index contributed by atoms with van der Waals surface area (Å²) in [7, 11) is 0. The fourth-order valence-corrected chi connectivity index (χ4v) is 4.41. The molecule has 0 aliphatic heterocycles. The summed E-state index contributed by atoms with van der Waals surface area (Å²) < 4.78 is 0. The Labute approximate surface area is 165 Å². The zero-order chi connectivity index (χ0) is 19.3. The fraction of sp³-hybridized carbons (Fsp3) is 0.0714. The zero-order valence-electron chi connectivity index (χ0n) is 16.3. The van der Waals surface area contributed by atoms with Crippen molar-refractivity contribution in [2.75, 3.05) is 0 Å². The predicted molar refractivity (Wildman–Crippen MR) is 124 cm³/mol. The average molecular weight is 358 g/mol. The van der Waals surface area contributed by atoms with Crippen LogP contribution in [0.1, 0.15) is 18.1 Å². The van der Waals surface area contributed by atoms with Crippen LogP contribution in [0.4, 0.5) is 0 Å². The van der Waals surface area contributed by atoms with E-state index in [4.69, 9.17) is 0 Å². The topological polar surface area (TPSA) is 0 Å². The van der Waals surface area contributed by atoms with E-state index in [-0.39, 0.29) is 0 Å². The molecule has 134 valence electrons. The van der Waals surface area contributed by atoms with Crippen molar-refractivity contribution in [3.63, 3.8) is 0 Å². The van der Waals surface area contributed by atoms with Gasteiger partial charge in [-0.15, -0.1) is 0 Å². The fourth-order valence-electron chi connectivity index (χ4n) is 4.41. The minimum Gasteiger partial charge on any atom is -0.0955 e. The lowest BCUT2D eigenvalue weighted by atomic mass is 9.85. The molecule has 5 rings (SSSR count). The molecule has 0 radical (unpaired) electrons. The van der Waals surface area contributed by atoms with Crippen molar-refractivity contribution in [2.24, 2.45) is 0 Å². The lowest BCUT2D eigenvalue weighted by molar-refractivity contribution is 1.50. The van der Waals surface area contributed by atoms with E-state index in [1.807, 2.05) is 0 Å². The number of hydrogen-bond donors (Lipinski definition) is 0. The zero-order valence-corrected chi connectivity index (χ0v) is 16.3. The van der Waals surface area contributed by atoms with Crippen LogP contribution in [0.3, 0.4) is 0 Å². The quantitative estimate of drug-likeness (QED) is 0.279. The summed E-state index contributed by atoms with van der Waals surface area (Å²) in [5, 5.41) is 7.68. The summed E-state index contributed by atoms with van der Waals surface area (Å²) in [4.78, 5) is 0. The molecule has 0 unspecified atom stereocenters. The van der Waals surface area contributed by atoms with Gasteiger partial charge in [0.25, 0.3) is 0 Å². The van der Waals surface area contributed by atoms with Crippen LogP contribution < -0.4 is 0 Å². The summed E-state index contributed by atoms with van der Waals surface area (Å²) in [5.41, 5.74) is 6.21. The first-order chi connectivity index (χ1) is 13.6. The Hall–Kier alpha value is -3.38. The van der Waals surface area contributed by atoms with Gasteiger partial charge in [-0.2, -0.15) is 0 Å². The molecule has 0 amide bonds. The van der Waals surface area contributed by atoms with Gasteiger partial charge in [-0.3, -0.25) is 0 Å². The van der Waals surface area contributed by atoms with E-state index in [1.165, 1.54) is 54.6 Å². The molecule has 0 aliphatic carbocycles. The molecule has 0 spiro atoms. The Balaban J connectivity index is 1.99. The normalized spacial score (nSPS) is 11.4. The number of aryl methyl sites for hydroxylation is 1. The predicted octanol–water partition coefficient (Wildman–Crippen LogP) is 8.15. The van der Waals surface area contributed by atoms with Gasteiger partial charge in [0.2, 0.25) is 0 Å². The Morgan fingerprint density at radius 3 is 2.11 bits per heavy atom. The lowest BCUT2D eigenvalue weighted by Gasteiger charge is -2.18. The van der Waals surface area contributed by atoms with Gasteiger partial charge >= 0.3 is 0 Å². The second-order valence-corrected chi connectivity index (χ2v) is 7.69. The summed E-state index contributed by atoms with van der Waals surface area (Å²) in [6.07, 6.45) is 0. The van der Waals surface area contributed by atoms with Gasteiger partial charge in [0.15, 0.2) is 0 Å². The van der Waals surface area contributed by atoms with E-state index >= 15 is 0 Å². The van der Waals surface area contributed by atoms with Crippen LogP contribution in [0.25, 0.3) is 49.0 Å². The van der Waals surface area contributed by atoms with Gasteiger partial charge in [0.05, 0.1) is 0 Å². The van der Waals surface area contributed by atoms with Crippen LogP contribution in [0, 0.1) is 6.92 Å². The van der Waals surface area contributed by atoms with Crippen LogP contribution in [0.15, 0.2) is 91.5 Å². The largest absolute Gasteiger partial charge is 0.0955 e. The van der Waals surface area contributed by atoms with Gasteiger partial charge in [-0.05, 0) is 74.5 Å². The van der Waals surface area contributed by atoms with Crippen molar-refractivity contribution in [3.8, 4) is 11.1 Å². The number of allylic oxidation sites excluding steroid dienone is 1. The minimum atomic E-state index is 1.11. The van der Waals surface area contributed by atoms with Crippen LogP contribution in [-0.2, 0) is 0 Å². The third-order valence-corrected chi connectivity index (χ3v) is 5.64. The molecule has 0 heterocycles. The lowest BCUT2D eigenvalue weighted by Crippen LogP contribution is -1.92. The molecule has 0 heteroatoms. The highest BCUT2D eigenvalue weighted by molar-refractivity contribution is 6.19. The molecule has 0 nitrogen and oxygen atoms in total. The Morgan fingerprint density at radius 1 is 0.643 bits per heavy atom. The number of fused-ring (bicyclic) bond motifs is 3. The molecule has 0 saturated heterocycles. The maximum atomic E-state index is 4.30. The van der Waals surface area contributed by atoms with Crippen molar-refractivity contribution in [1.82, 2.24) is 0 Å². The molecule has 5 aromatic rings. The molecule has 0 fully saturated rings. The van der Waals surface area contributed by atoms with Crippen molar-refractivity contribution in [2.45, 2.75) is 13.8 Å². The molecule has 0 aromatic heterocycles.